The molecule has 0 unspecified atom stereocenters. The summed E-state index contributed by atoms with van der Waals surface area (Å²) in [5, 5.41) is 2.93. The SMILES string of the molecule is CC[C@H](C)NC(=O)[C@H](C)N(CCc1ccccc1)C(=O)CCCN1C(=O)c2ccccc2S1(=O)=O. The van der Waals surface area contributed by atoms with E-state index in [1.165, 1.54) is 12.1 Å². The summed E-state index contributed by atoms with van der Waals surface area (Å²) in [6.07, 6.45) is 1.55. The van der Waals surface area contributed by atoms with Gasteiger partial charge in [-0.25, -0.2) is 12.7 Å². The Bertz CT molecular complexity index is 1170. The fourth-order valence-electron chi connectivity index (χ4n) is 4.01. The van der Waals surface area contributed by atoms with Crippen molar-refractivity contribution in [3.8, 4) is 0 Å². The number of hydrogen-bond donors (Lipinski definition) is 1. The quantitative estimate of drug-likeness (QED) is 0.512. The molecule has 0 radical (unpaired) electrons. The fourth-order valence-corrected chi connectivity index (χ4v) is 5.61. The van der Waals surface area contributed by atoms with E-state index in [1.807, 2.05) is 44.2 Å². The lowest BCUT2D eigenvalue weighted by molar-refractivity contribution is -0.140. The summed E-state index contributed by atoms with van der Waals surface area (Å²) in [5.41, 5.74) is 1.20. The summed E-state index contributed by atoms with van der Waals surface area (Å²) >= 11 is 0. The highest BCUT2D eigenvalue weighted by atomic mass is 32.2. The number of sulfonamides is 1. The molecule has 0 saturated heterocycles. The second-order valence-electron chi connectivity index (χ2n) is 8.80. The molecule has 0 aromatic heterocycles. The van der Waals surface area contributed by atoms with Crippen molar-refractivity contribution < 1.29 is 22.8 Å². The van der Waals surface area contributed by atoms with Gasteiger partial charge in [0.25, 0.3) is 15.9 Å². The molecule has 0 fully saturated rings. The second kappa shape index (κ2) is 11.5. The molecule has 8 nitrogen and oxygen atoms in total. The number of carbonyl (C=O) groups is 3. The van der Waals surface area contributed by atoms with Crippen LogP contribution in [0.15, 0.2) is 59.5 Å². The highest BCUT2D eigenvalue weighted by Gasteiger charge is 2.40. The molecule has 1 aliphatic rings. The molecule has 0 spiro atoms. The van der Waals surface area contributed by atoms with Gasteiger partial charge in [-0.1, -0.05) is 49.4 Å². The third-order valence-electron chi connectivity index (χ3n) is 6.32. The molecule has 0 saturated carbocycles. The zero-order chi connectivity index (χ0) is 25.6. The van der Waals surface area contributed by atoms with E-state index < -0.39 is 22.0 Å². The largest absolute Gasteiger partial charge is 0.352 e. The molecular weight excluding hydrogens is 466 g/mol. The molecular formula is C26H33N3O5S. The number of amides is 3. The molecule has 0 bridgehead atoms. The Morgan fingerprint density at radius 2 is 1.69 bits per heavy atom. The number of nitrogens with zero attached hydrogens (tertiary/aromatic N) is 2. The summed E-state index contributed by atoms with van der Waals surface area (Å²) < 4.78 is 26.3. The monoisotopic (exact) mass is 499 g/mol. The van der Waals surface area contributed by atoms with Crippen molar-refractivity contribution in [3.05, 3.63) is 65.7 Å². The Morgan fingerprint density at radius 1 is 1.03 bits per heavy atom. The van der Waals surface area contributed by atoms with Crippen LogP contribution in [0.5, 0.6) is 0 Å². The van der Waals surface area contributed by atoms with E-state index >= 15 is 0 Å². The molecule has 2 atom stereocenters. The van der Waals surface area contributed by atoms with Gasteiger partial charge in [-0.15, -0.1) is 0 Å². The number of nitrogens with one attached hydrogen (secondary N) is 1. The smallest absolute Gasteiger partial charge is 0.269 e. The Morgan fingerprint density at radius 3 is 2.34 bits per heavy atom. The minimum atomic E-state index is -3.91. The van der Waals surface area contributed by atoms with Gasteiger partial charge in [0.15, 0.2) is 0 Å². The summed E-state index contributed by atoms with van der Waals surface area (Å²) in [6.45, 7) is 5.84. The van der Waals surface area contributed by atoms with E-state index in [9.17, 15) is 22.8 Å². The van der Waals surface area contributed by atoms with Crippen molar-refractivity contribution in [2.24, 2.45) is 0 Å². The normalized spacial score (nSPS) is 15.9. The predicted molar refractivity (Wildman–Crippen MR) is 133 cm³/mol. The Kier molecular flexibility index (Phi) is 8.67. The molecule has 188 valence electrons. The predicted octanol–water partition coefficient (Wildman–Crippen LogP) is 2.99. The average Bonchev–Trinajstić information content (AvgIpc) is 3.05. The van der Waals surface area contributed by atoms with E-state index in [0.29, 0.717) is 13.0 Å². The van der Waals surface area contributed by atoms with E-state index in [2.05, 4.69) is 5.32 Å². The van der Waals surface area contributed by atoms with Gasteiger partial charge in [0.05, 0.1) is 5.56 Å². The van der Waals surface area contributed by atoms with Crippen LogP contribution in [0.4, 0.5) is 0 Å². The van der Waals surface area contributed by atoms with Gasteiger partial charge in [0.2, 0.25) is 11.8 Å². The van der Waals surface area contributed by atoms with E-state index in [0.717, 1.165) is 16.3 Å². The van der Waals surface area contributed by atoms with Crippen LogP contribution in [-0.2, 0) is 26.0 Å². The number of carbonyl (C=O) groups excluding carboxylic acids is 3. The Balaban J connectivity index is 1.66. The lowest BCUT2D eigenvalue weighted by Crippen LogP contribution is -2.50. The number of benzene rings is 2. The van der Waals surface area contributed by atoms with Crippen molar-refractivity contribution >= 4 is 27.7 Å². The van der Waals surface area contributed by atoms with Gasteiger partial charge >= 0.3 is 0 Å². The molecule has 1 N–H and O–H groups in total. The maximum Gasteiger partial charge on any atom is 0.269 e. The summed E-state index contributed by atoms with van der Waals surface area (Å²) in [4.78, 5) is 40.1. The molecule has 2 aromatic rings. The standard InChI is InChI=1S/C26H33N3O5S/c1-4-19(2)27-25(31)20(3)28(18-16-21-11-6-5-7-12-21)24(30)15-10-17-29-26(32)22-13-8-9-14-23(22)35(29,33)34/h5-9,11-14,19-20H,4,10,15-18H2,1-3H3,(H,27,31)/t19-,20-/m0/s1. The highest BCUT2D eigenvalue weighted by molar-refractivity contribution is 7.90. The molecule has 2 aromatic carbocycles. The van der Waals surface area contributed by atoms with Gasteiger partial charge in [-0.3, -0.25) is 14.4 Å². The summed E-state index contributed by atoms with van der Waals surface area (Å²) in [6, 6.07) is 15.1. The maximum atomic E-state index is 13.2. The van der Waals surface area contributed by atoms with Crippen molar-refractivity contribution in [1.29, 1.82) is 0 Å². The second-order valence-corrected chi connectivity index (χ2v) is 10.6. The van der Waals surface area contributed by atoms with Gasteiger partial charge in [-0.2, -0.15) is 0 Å². The van der Waals surface area contributed by atoms with Crippen molar-refractivity contribution in [2.75, 3.05) is 13.1 Å². The number of rotatable bonds is 11. The lowest BCUT2D eigenvalue weighted by Gasteiger charge is -2.30. The minimum absolute atomic E-state index is 0.00356. The fraction of sp³-hybridized carbons (Fsp3) is 0.423. The summed E-state index contributed by atoms with van der Waals surface area (Å²) in [7, 11) is -3.91. The Labute approximate surface area is 207 Å². The van der Waals surface area contributed by atoms with E-state index in [-0.39, 0.29) is 47.7 Å². The van der Waals surface area contributed by atoms with Gasteiger partial charge in [-0.05, 0) is 50.8 Å². The molecule has 3 amide bonds. The van der Waals surface area contributed by atoms with Gasteiger partial charge in [0.1, 0.15) is 10.9 Å². The Hall–Kier alpha value is -3.20. The van der Waals surface area contributed by atoms with Crippen LogP contribution in [-0.4, -0.2) is 60.5 Å². The molecule has 0 aliphatic carbocycles. The minimum Gasteiger partial charge on any atom is -0.352 e. The molecule has 35 heavy (non-hydrogen) atoms. The zero-order valence-electron chi connectivity index (χ0n) is 20.4. The van der Waals surface area contributed by atoms with Crippen molar-refractivity contribution in [3.63, 3.8) is 0 Å². The van der Waals surface area contributed by atoms with Crippen LogP contribution in [0.2, 0.25) is 0 Å². The first-order valence-electron chi connectivity index (χ1n) is 12.0. The van der Waals surface area contributed by atoms with Gasteiger partial charge < -0.3 is 10.2 Å². The topological polar surface area (TPSA) is 104 Å². The average molecular weight is 500 g/mol. The maximum absolute atomic E-state index is 13.2. The number of hydrogen-bond acceptors (Lipinski definition) is 5. The van der Waals surface area contributed by atoms with Crippen molar-refractivity contribution in [1.82, 2.24) is 14.5 Å². The first-order valence-corrected chi connectivity index (χ1v) is 13.4. The van der Waals surface area contributed by atoms with Gasteiger partial charge in [0, 0.05) is 25.6 Å². The van der Waals surface area contributed by atoms with E-state index in [1.54, 1.807) is 24.0 Å². The molecule has 1 aliphatic heterocycles. The third kappa shape index (κ3) is 6.08. The third-order valence-corrected chi connectivity index (χ3v) is 8.16. The first kappa shape index (κ1) is 26.4. The van der Waals surface area contributed by atoms with Crippen LogP contribution in [0, 0.1) is 0 Å². The summed E-state index contributed by atoms with van der Waals surface area (Å²) in [5.74, 6) is -1.06. The van der Waals surface area contributed by atoms with Crippen molar-refractivity contribution in [2.45, 2.75) is 63.4 Å². The lowest BCUT2D eigenvalue weighted by atomic mass is 10.1. The molecule has 3 rings (SSSR count). The zero-order valence-corrected chi connectivity index (χ0v) is 21.3. The highest BCUT2D eigenvalue weighted by Crippen LogP contribution is 2.30. The molecule has 9 heteroatoms. The molecule has 1 heterocycles. The van der Waals surface area contributed by atoms with Crippen LogP contribution < -0.4 is 5.32 Å². The van der Waals surface area contributed by atoms with Crippen LogP contribution in [0.3, 0.4) is 0 Å². The van der Waals surface area contributed by atoms with E-state index in [4.69, 9.17) is 0 Å². The first-order chi connectivity index (χ1) is 16.7. The number of fused-ring (bicyclic) bond motifs is 1. The van der Waals surface area contributed by atoms with Crippen LogP contribution >= 0.6 is 0 Å². The van der Waals surface area contributed by atoms with Crippen LogP contribution in [0.25, 0.3) is 0 Å². The van der Waals surface area contributed by atoms with Crippen LogP contribution in [0.1, 0.15) is 56.0 Å².